The first-order valence-electron chi connectivity index (χ1n) is 10.4. The van der Waals surface area contributed by atoms with Gasteiger partial charge in [0.2, 0.25) is 5.71 Å². The maximum absolute atomic E-state index is 6.38. The normalized spacial score (nSPS) is 14.3. The Hall–Kier alpha value is -2.63. The molecular weight excluding hydrogens is 488 g/mol. The lowest BCUT2D eigenvalue weighted by Crippen LogP contribution is -3.00. The summed E-state index contributed by atoms with van der Waals surface area (Å²) in [5.74, 6) is 1.49. The van der Waals surface area contributed by atoms with Crippen LogP contribution in [0.5, 0.6) is 11.5 Å². The molecule has 164 valence electrons. The predicted octanol–water partition coefficient (Wildman–Crippen LogP) is 2.21. The summed E-state index contributed by atoms with van der Waals surface area (Å²) in [6, 6.07) is 18.7. The van der Waals surface area contributed by atoms with Gasteiger partial charge in [-0.2, -0.15) is 0 Å². The minimum absolute atomic E-state index is 0. The van der Waals surface area contributed by atoms with E-state index in [1.807, 2.05) is 12.1 Å². The fourth-order valence-corrected chi connectivity index (χ4v) is 4.59. The van der Waals surface area contributed by atoms with Gasteiger partial charge < -0.3 is 26.5 Å². The Morgan fingerprint density at radius 2 is 1.62 bits per heavy atom. The molecule has 2 heterocycles. The average molecular weight is 512 g/mol. The minimum Gasteiger partial charge on any atom is -1.00 e. The number of halogens is 2. The molecule has 32 heavy (non-hydrogen) atoms. The van der Waals surface area contributed by atoms with Crippen molar-refractivity contribution in [2.75, 3.05) is 27.3 Å². The van der Waals surface area contributed by atoms with E-state index < -0.39 is 0 Å². The number of rotatable bonds is 3. The Labute approximate surface area is 203 Å². The van der Waals surface area contributed by atoms with Gasteiger partial charge in [0.05, 0.1) is 31.0 Å². The maximum atomic E-state index is 6.38. The molecule has 0 unspecified atom stereocenters. The van der Waals surface area contributed by atoms with E-state index >= 15 is 0 Å². The highest BCUT2D eigenvalue weighted by Gasteiger charge is 2.33. The maximum Gasteiger partial charge on any atom is 0.217 e. The fourth-order valence-electron chi connectivity index (χ4n) is 4.42. The molecule has 6 heteroatoms. The summed E-state index contributed by atoms with van der Waals surface area (Å²) in [5.41, 5.74) is 8.97. The summed E-state index contributed by atoms with van der Waals surface area (Å²) in [4.78, 5) is 5.09. The quantitative estimate of drug-likeness (QED) is 0.506. The summed E-state index contributed by atoms with van der Waals surface area (Å²) in [7, 11) is 3.35. The molecule has 2 aliphatic heterocycles. The van der Waals surface area contributed by atoms with Gasteiger partial charge >= 0.3 is 0 Å². The lowest BCUT2D eigenvalue weighted by atomic mass is 9.91. The Morgan fingerprint density at radius 3 is 2.34 bits per heavy atom. The lowest BCUT2D eigenvalue weighted by molar-refractivity contribution is -0.512. The van der Waals surface area contributed by atoms with Crippen molar-refractivity contribution in [3.8, 4) is 11.5 Å². The van der Waals surface area contributed by atoms with E-state index in [4.69, 9.17) is 26.1 Å². The van der Waals surface area contributed by atoms with Crippen molar-refractivity contribution in [1.29, 1.82) is 0 Å². The minimum atomic E-state index is 0. The Bertz CT molecular complexity index is 1250. The number of benzene rings is 3. The van der Waals surface area contributed by atoms with E-state index in [2.05, 4.69) is 54.0 Å². The van der Waals surface area contributed by atoms with Crippen LogP contribution in [0.2, 0.25) is 5.02 Å². The molecule has 0 bridgehead atoms. The molecule has 3 aromatic rings. The molecule has 5 rings (SSSR count). The number of nitrogens with zero attached hydrogens (tertiary/aromatic N) is 2. The highest BCUT2D eigenvalue weighted by molar-refractivity contribution is 6.31. The molecule has 0 aromatic heterocycles. The van der Waals surface area contributed by atoms with Crippen LogP contribution in [-0.4, -0.2) is 43.3 Å². The Kier molecular flexibility index (Phi) is 6.40. The van der Waals surface area contributed by atoms with Crippen molar-refractivity contribution in [2.24, 2.45) is 4.99 Å². The molecule has 0 saturated carbocycles. The molecule has 0 radical (unpaired) electrons. The van der Waals surface area contributed by atoms with Crippen LogP contribution in [0.1, 0.15) is 27.8 Å². The van der Waals surface area contributed by atoms with Gasteiger partial charge in [-0.25, -0.2) is 9.57 Å². The zero-order chi connectivity index (χ0) is 21.5. The smallest absolute Gasteiger partial charge is 0.217 e. The summed E-state index contributed by atoms with van der Waals surface area (Å²) in [6.45, 7) is 3.74. The summed E-state index contributed by atoms with van der Waals surface area (Å²) < 4.78 is 13.6. The second kappa shape index (κ2) is 9.08. The second-order valence-electron chi connectivity index (χ2n) is 7.97. The third kappa shape index (κ3) is 3.96. The average Bonchev–Trinajstić information content (AvgIpc) is 2.95. The van der Waals surface area contributed by atoms with Gasteiger partial charge in [-0.05, 0) is 42.8 Å². The van der Waals surface area contributed by atoms with Gasteiger partial charge in [0.25, 0.3) is 0 Å². The molecule has 0 spiro atoms. The molecule has 4 nitrogen and oxygen atoms in total. The molecule has 2 aliphatic rings. The van der Waals surface area contributed by atoms with Crippen LogP contribution in [0.4, 0.5) is 5.69 Å². The molecule has 0 atom stereocenters. The Morgan fingerprint density at radius 1 is 0.906 bits per heavy atom. The van der Waals surface area contributed by atoms with Crippen LogP contribution in [0, 0.1) is 6.92 Å². The highest BCUT2D eigenvalue weighted by atomic mass is 79.9. The summed E-state index contributed by atoms with van der Waals surface area (Å²) in [6.07, 6.45) is 0.934. The zero-order valence-electron chi connectivity index (χ0n) is 18.3. The zero-order valence-corrected chi connectivity index (χ0v) is 20.6. The van der Waals surface area contributed by atoms with Crippen molar-refractivity contribution in [2.45, 2.75) is 13.3 Å². The van der Waals surface area contributed by atoms with E-state index in [1.54, 1.807) is 14.2 Å². The van der Waals surface area contributed by atoms with Gasteiger partial charge in [-0.15, -0.1) is 0 Å². The number of methoxy groups -OCH3 is 2. The molecule has 0 aliphatic carbocycles. The second-order valence-corrected chi connectivity index (χ2v) is 8.41. The first kappa shape index (κ1) is 22.6. The van der Waals surface area contributed by atoms with E-state index in [0.717, 1.165) is 59.1 Å². The van der Waals surface area contributed by atoms with Crippen molar-refractivity contribution in [3.05, 3.63) is 87.4 Å². The van der Waals surface area contributed by atoms with Gasteiger partial charge in [-0.3, -0.25) is 0 Å². The third-order valence-electron chi connectivity index (χ3n) is 6.03. The highest BCUT2D eigenvalue weighted by Crippen LogP contribution is 2.37. The lowest BCUT2D eigenvalue weighted by Gasteiger charge is -2.20. The van der Waals surface area contributed by atoms with Gasteiger partial charge in [-0.1, -0.05) is 41.4 Å². The number of aliphatic imine (C=N–C) groups is 1. The fraction of sp³-hybridized carbons (Fsp3) is 0.231. The van der Waals surface area contributed by atoms with Gasteiger partial charge in [0, 0.05) is 17.0 Å². The number of ether oxygens (including phenoxy) is 2. The summed E-state index contributed by atoms with van der Waals surface area (Å²) >= 11 is 6.38. The topological polar surface area (TPSA) is 33.8 Å². The number of fused-ring (bicyclic) bond motifs is 4. The van der Waals surface area contributed by atoms with Crippen LogP contribution >= 0.6 is 11.6 Å². The van der Waals surface area contributed by atoms with Gasteiger partial charge in [0.1, 0.15) is 12.3 Å². The van der Waals surface area contributed by atoms with Crippen LogP contribution < -0.4 is 26.5 Å². The monoisotopic (exact) mass is 510 g/mol. The van der Waals surface area contributed by atoms with Crippen molar-refractivity contribution < 1.29 is 31.0 Å². The molecule has 0 amide bonds. The van der Waals surface area contributed by atoms with Crippen LogP contribution in [0.15, 0.2) is 59.6 Å². The van der Waals surface area contributed by atoms with Crippen LogP contribution in [0.3, 0.4) is 0 Å². The van der Waals surface area contributed by atoms with Crippen LogP contribution in [0.25, 0.3) is 0 Å². The molecule has 3 aromatic carbocycles. The molecule has 0 N–H and O–H groups in total. The first-order valence-corrected chi connectivity index (χ1v) is 10.8. The molecular formula is C26H24BrClN2O2. The van der Waals surface area contributed by atoms with Crippen molar-refractivity contribution in [1.82, 2.24) is 0 Å². The Balaban J connectivity index is 0.00000245. The van der Waals surface area contributed by atoms with E-state index in [9.17, 15) is 0 Å². The van der Waals surface area contributed by atoms with Crippen molar-refractivity contribution >= 4 is 28.7 Å². The van der Waals surface area contributed by atoms with Gasteiger partial charge in [0.15, 0.2) is 18.0 Å². The number of hydrogen-bond acceptors (Lipinski definition) is 3. The number of hydrogen-bond donors (Lipinski definition) is 0. The van der Waals surface area contributed by atoms with E-state index in [-0.39, 0.29) is 17.0 Å². The summed E-state index contributed by atoms with van der Waals surface area (Å²) in [5, 5.41) is 0.683. The number of aryl methyl sites for hydroxylation is 1. The first-order chi connectivity index (χ1) is 15.1. The third-order valence-corrected chi connectivity index (χ3v) is 6.26. The standard InChI is InChI=1S/C26H24ClN2O2.BrH/c1-16-4-6-17(7-5-16)23-15-29-11-10-18-12-24(30-2)25(31-3)14-21(18)26(29)20-9-8-19(27)13-22(20)28-23;/h4-9,12-14H,10-11,15H2,1-3H3;1H/q+1;/p-1. The predicted molar refractivity (Wildman–Crippen MR) is 125 cm³/mol. The van der Waals surface area contributed by atoms with E-state index in [1.165, 1.54) is 16.8 Å². The largest absolute Gasteiger partial charge is 1.00 e. The van der Waals surface area contributed by atoms with E-state index in [0.29, 0.717) is 5.02 Å². The molecule has 0 fully saturated rings. The SMILES string of the molecule is COc1cc2c(cc1OC)C1=[N+](CC2)CC(c2ccc(C)cc2)=Nc2cc(Cl)ccc21.[Br-]. The molecule has 0 saturated heterocycles. The van der Waals surface area contributed by atoms with Crippen molar-refractivity contribution in [3.63, 3.8) is 0 Å². The van der Waals surface area contributed by atoms with Crippen LogP contribution in [-0.2, 0) is 6.42 Å².